The topological polar surface area (TPSA) is 161 Å². The predicted octanol–water partition coefficient (Wildman–Crippen LogP) is 2.94. The molecule has 0 bridgehead atoms. The number of benzene rings is 1. The maximum Gasteiger partial charge on any atom is 0.293 e. The summed E-state index contributed by atoms with van der Waals surface area (Å²) in [6.07, 6.45) is 6.69. The van der Waals surface area contributed by atoms with Crippen LogP contribution in [0.2, 0.25) is 0 Å². The first-order valence-corrected chi connectivity index (χ1v) is 14.5. The number of nitrogens with zero attached hydrogens (tertiary/aromatic N) is 7. The van der Waals surface area contributed by atoms with Crippen LogP contribution < -0.4 is 10.6 Å². The van der Waals surface area contributed by atoms with Gasteiger partial charge in [-0.05, 0) is 29.7 Å². The lowest BCUT2D eigenvalue weighted by Gasteiger charge is -2.19. The Hall–Kier alpha value is -4.17. The van der Waals surface area contributed by atoms with Crippen molar-refractivity contribution in [2.45, 2.75) is 45.2 Å². The molecule has 0 spiro atoms. The van der Waals surface area contributed by atoms with Gasteiger partial charge in [0, 0.05) is 43.5 Å². The lowest BCUT2D eigenvalue weighted by atomic mass is 9.96. The molecule has 1 aromatic carbocycles. The summed E-state index contributed by atoms with van der Waals surface area (Å²) in [5, 5.41) is 14.1. The van der Waals surface area contributed by atoms with E-state index in [0.717, 1.165) is 22.4 Å². The molecule has 0 radical (unpaired) electrons. The number of hydrogen-bond acceptors (Lipinski definition) is 10. The van der Waals surface area contributed by atoms with Gasteiger partial charge in [0.1, 0.15) is 0 Å². The Morgan fingerprint density at radius 1 is 1.18 bits per heavy atom. The van der Waals surface area contributed by atoms with Crippen molar-refractivity contribution >= 4 is 27.6 Å². The molecular weight excluding hydrogens is 534 g/mol. The van der Waals surface area contributed by atoms with Crippen LogP contribution in [0, 0.1) is 0 Å². The van der Waals surface area contributed by atoms with Crippen LogP contribution in [-0.2, 0) is 29.0 Å². The van der Waals surface area contributed by atoms with Crippen molar-refractivity contribution in [3.05, 3.63) is 65.7 Å². The number of anilines is 2. The molecule has 0 saturated carbocycles. The maximum absolute atomic E-state index is 13.1. The second-order valence-corrected chi connectivity index (χ2v) is 12.8. The minimum atomic E-state index is -3.49. The number of aromatic nitrogens is 6. The van der Waals surface area contributed by atoms with E-state index in [0.29, 0.717) is 24.0 Å². The molecule has 40 heavy (non-hydrogen) atoms. The minimum Gasteiger partial charge on any atom is -0.342 e. The number of sulfonamides is 1. The van der Waals surface area contributed by atoms with Crippen LogP contribution in [0.3, 0.4) is 0 Å². The van der Waals surface area contributed by atoms with E-state index in [4.69, 9.17) is 4.52 Å². The van der Waals surface area contributed by atoms with Gasteiger partial charge in [0.25, 0.3) is 11.7 Å². The summed E-state index contributed by atoms with van der Waals surface area (Å²) in [6.45, 7) is 6.14. The van der Waals surface area contributed by atoms with Crippen LogP contribution in [0.4, 0.5) is 11.6 Å². The highest BCUT2D eigenvalue weighted by atomic mass is 32.2. The van der Waals surface area contributed by atoms with E-state index in [-0.39, 0.29) is 18.9 Å². The number of carbonyl (C=O) groups is 1. The highest BCUT2D eigenvalue weighted by Crippen LogP contribution is 2.32. The van der Waals surface area contributed by atoms with Gasteiger partial charge in [-0.25, -0.2) is 18.4 Å². The average molecular weight is 566 g/mol. The number of amides is 1. The second-order valence-electron chi connectivity index (χ2n) is 10.8. The van der Waals surface area contributed by atoms with Crippen LogP contribution >= 0.6 is 0 Å². The Bertz CT molecular complexity index is 1660. The Morgan fingerprint density at radius 3 is 2.65 bits per heavy atom. The molecule has 2 N–H and O–H groups in total. The Labute approximate surface area is 232 Å². The number of hydrogen-bond donors (Lipinski definition) is 2. The fourth-order valence-corrected chi connectivity index (χ4v) is 5.22. The Kier molecular flexibility index (Phi) is 7.14. The number of nitrogens with one attached hydrogen (secondary N) is 2. The van der Waals surface area contributed by atoms with E-state index in [9.17, 15) is 13.2 Å². The average Bonchev–Trinajstić information content (AvgIpc) is 3.50. The first-order chi connectivity index (χ1) is 18.9. The summed E-state index contributed by atoms with van der Waals surface area (Å²) in [7, 11) is -1.67. The van der Waals surface area contributed by atoms with Crippen molar-refractivity contribution in [1.82, 2.24) is 39.5 Å². The van der Waals surface area contributed by atoms with E-state index < -0.39 is 27.4 Å². The molecule has 0 saturated heterocycles. The highest BCUT2D eigenvalue weighted by molar-refractivity contribution is 7.88. The van der Waals surface area contributed by atoms with E-state index in [1.54, 1.807) is 23.1 Å². The van der Waals surface area contributed by atoms with E-state index in [1.165, 1.54) is 10.6 Å². The van der Waals surface area contributed by atoms with Gasteiger partial charge in [0.05, 0.1) is 29.9 Å². The molecule has 210 valence electrons. The molecule has 4 heterocycles. The highest BCUT2D eigenvalue weighted by Gasteiger charge is 2.30. The fraction of sp³-hybridized carbons (Fsp3) is 0.385. The van der Waals surface area contributed by atoms with E-state index in [1.807, 2.05) is 52.2 Å². The fourth-order valence-electron chi connectivity index (χ4n) is 4.41. The molecule has 1 aliphatic rings. The van der Waals surface area contributed by atoms with Gasteiger partial charge in [-0.15, -0.1) is 0 Å². The quantitative estimate of drug-likeness (QED) is 0.356. The third-order valence-electron chi connectivity index (χ3n) is 6.49. The van der Waals surface area contributed by atoms with E-state index in [2.05, 4.69) is 35.8 Å². The molecule has 1 atom stereocenters. The zero-order valence-corrected chi connectivity index (χ0v) is 23.7. The number of fused-ring (bicyclic) bond motifs is 1. The molecule has 0 aliphatic carbocycles. The molecule has 4 aromatic rings. The van der Waals surface area contributed by atoms with Crippen molar-refractivity contribution in [2.75, 3.05) is 18.1 Å². The lowest BCUT2D eigenvalue weighted by molar-refractivity contribution is 0.0921. The molecule has 0 unspecified atom stereocenters. The van der Waals surface area contributed by atoms with Crippen molar-refractivity contribution in [3.63, 3.8) is 0 Å². The summed E-state index contributed by atoms with van der Waals surface area (Å²) in [5.41, 5.74) is 3.35. The summed E-state index contributed by atoms with van der Waals surface area (Å²) >= 11 is 0. The van der Waals surface area contributed by atoms with Crippen molar-refractivity contribution < 1.29 is 17.7 Å². The maximum atomic E-state index is 13.1. The van der Waals surface area contributed by atoms with Crippen molar-refractivity contribution in [2.24, 2.45) is 7.05 Å². The third kappa shape index (κ3) is 6.02. The van der Waals surface area contributed by atoms with Crippen LogP contribution in [0.1, 0.15) is 60.9 Å². The van der Waals surface area contributed by atoms with Crippen molar-refractivity contribution in [1.29, 1.82) is 0 Å². The van der Waals surface area contributed by atoms with Gasteiger partial charge in [-0.3, -0.25) is 9.48 Å². The summed E-state index contributed by atoms with van der Waals surface area (Å²) in [6, 6.07) is 7.02. The SMILES string of the molecule is Cn1cc(Nc2nccc(-c3ccc4c(c3)CN(S(C)(=O)=O)CC[C@@H]4NC(=O)c3noc(C(C)(C)C)n3)n2)cn1. The normalized spacial score (nSPS) is 16.3. The zero-order chi connectivity index (χ0) is 28.7. The third-order valence-corrected chi connectivity index (χ3v) is 7.74. The van der Waals surface area contributed by atoms with Gasteiger partial charge >= 0.3 is 0 Å². The molecule has 1 amide bonds. The molecule has 0 fully saturated rings. The number of rotatable bonds is 6. The van der Waals surface area contributed by atoms with Gasteiger partial charge < -0.3 is 15.2 Å². The molecule has 1 aliphatic heterocycles. The largest absolute Gasteiger partial charge is 0.342 e. The van der Waals surface area contributed by atoms with Crippen LogP contribution in [-0.4, -0.2) is 61.3 Å². The standard InChI is InChI=1S/C26H31N9O4S/c1-26(2,3)24-32-22(33-39-24)23(36)30-21-9-11-35(40(5,37)38)14-17-12-16(6-7-19(17)21)20-8-10-27-25(31-20)29-18-13-28-34(4)15-18/h6-8,10,12-13,15,21H,9,11,14H2,1-5H3,(H,30,36)(H,27,29,31)/t21-/m0/s1. The predicted molar refractivity (Wildman–Crippen MR) is 147 cm³/mol. The van der Waals surface area contributed by atoms with E-state index >= 15 is 0 Å². The first kappa shape index (κ1) is 27.4. The van der Waals surface area contributed by atoms with Crippen LogP contribution in [0.5, 0.6) is 0 Å². The molecule has 13 nitrogen and oxygen atoms in total. The molecular formula is C26H31N9O4S. The summed E-state index contributed by atoms with van der Waals surface area (Å²) in [4.78, 5) is 26.2. The van der Waals surface area contributed by atoms with Gasteiger partial charge in [0.2, 0.25) is 21.9 Å². The van der Waals surface area contributed by atoms with Gasteiger partial charge in [-0.2, -0.15) is 14.4 Å². The molecule has 3 aromatic heterocycles. The first-order valence-electron chi connectivity index (χ1n) is 12.7. The lowest BCUT2D eigenvalue weighted by Crippen LogP contribution is -2.32. The minimum absolute atomic E-state index is 0.0676. The van der Waals surface area contributed by atoms with Gasteiger partial charge in [-0.1, -0.05) is 38.1 Å². The summed E-state index contributed by atoms with van der Waals surface area (Å²) in [5.74, 6) is 0.197. The van der Waals surface area contributed by atoms with Crippen molar-refractivity contribution in [3.8, 4) is 11.3 Å². The summed E-state index contributed by atoms with van der Waals surface area (Å²) < 4.78 is 33.4. The van der Waals surface area contributed by atoms with Crippen LogP contribution in [0.25, 0.3) is 11.3 Å². The molecule has 5 rings (SSSR count). The number of aryl methyl sites for hydroxylation is 1. The molecule has 14 heteroatoms. The van der Waals surface area contributed by atoms with Gasteiger partial charge in [0.15, 0.2) is 0 Å². The smallest absolute Gasteiger partial charge is 0.293 e. The second kappa shape index (κ2) is 10.4. The Morgan fingerprint density at radius 2 is 1.98 bits per heavy atom. The van der Waals surface area contributed by atoms with Crippen LogP contribution in [0.15, 0.2) is 47.4 Å². The number of carbonyl (C=O) groups excluding carboxylic acids is 1. The Balaban J connectivity index is 1.45. The zero-order valence-electron chi connectivity index (χ0n) is 22.9. The monoisotopic (exact) mass is 565 g/mol.